The monoisotopic (exact) mass is 244 g/mol. The van der Waals surface area contributed by atoms with Gasteiger partial charge in [-0.25, -0.2) is 9.97 Å². The van der Waals surface area contributed by atoms with E-state index in [9.17, 15) is 5.11 Å². The second-order valence-corrected chi connectivity index (χ2v) is 4.27. The number of aromatic nitrogens is 2. The van der Waals surface area contributed by atoms with Crippen molar-refractivity contribution in [3.8, 4) is 11.5 Å². The third-order valence-corrected chi connectivity index (χ3v) is 2.49. The third-order valence-electron chi connectivity index (χ3n) is 2.49. The molecule has 94 valence electrons. The van der Waals surface area contributed by atoms with E-state index in [-0.39, 0.29) is 12.5 Å². The quantitative estimate of drug-likeness (QED) is 0.898. The summed E-state index contributed by atoms with van der Waals surface area (Å²) in [5.41, 5.74) is 0.512. The Bertz CT molecular complexity index is 512. The molecule has 0 aliphatic heterocycles. The van der Waals surface area contributed by atoms with Gasteiger partial charge in [0.25, 0.3) is 0 Å². The normalized spacial score (nSPS) is 10.7. The number of aliphatic hydroxyl groups excluding tert-OH is 1. The van der Waals surface area contributed by atoms with Gasteiger partial charge in [0.1, 0.15) is 17.3 Å². The maximum atomic E-state index is 9.33. The summed E-state index contributed by atoms with van der Waals surface area (Å²) < 4.78 is 5.65. The lowest BCUT2D eigenvalue weighted by molar-refractivity contribution is 0.270. The van der Waals surface area contributed by atoms with E-state index in [2.05, 4.69) is 9.97 Å². The van der Waals surface area contributed by atoms with Gasteiger partial charge in [-0.2, -0.15) is 0 Å². The van der Waals surface area contributed by atoms with Gasteiger partial charge in [-0.3, -0.25) is 0 Å². The van der Waals surface area contributed by atoms with E-state index in [1.165, 1.54) is 0 Å². The Morgan fingerprint density at radius 2 is 1.94 bits per heavy atom. The highest BCUT2D eigenvalue weighted by atomic mass is 16.5. The highest BCUT2D eigenvalue weighted by Crippen LogP contribution is 2.24. The zero-order valence-corrected chi connectivity index (χ0v) is 10.5. The Hall–Kier alpha value is -1.94. The van der Waals surface area contributed by atoms with Gasteiger partial charge in [0.05, 0.1) is 12.8 Å². The number of ether oxygens (including phenoxy) is 1. The molecule has 0 atom stereocenters. The minimum atomic E-state index is -0.162. The van der Waals surface area contributed by atoms with Crippen molar-refractivity contribution >= 4 is 0 Å². The predicted octanol–water partition coefficient (Wildman–Crippen LogP) is 2.88. The molecule has 0 aliphatic rings. The molecule has 1 heterocycles. The molecule has 2 rings (SSSR count). The molecule has 1 N–H and O–H groups in total. The average Bonchev–Trinajstić information content (AvgIpc) is 2.40. The molecule has 1 aromatic heterocycles. The summed E-state index contributed by atoms with van der Waals surface area (Å²) in [6.45, 7) is 3.85. The molecular weight excluding hydrogens is 228 g/mol. The third kappa shape index (κ3) is 2.84. The summed E-state index contributed by atoms with van der Waals surface area (Å²) in [6, 6.07) is 9.38. The number of aliphatic hydroxyl groups is 1. The molecule has 0 amide bonds. The molecule has 2 aromatic rings. The number of hydrogen-bond donors (Lipinski definition) is 1. The number of para-hydroxylation sites is 1. The Morgan fingerprint density at radius 3 is 2.56 bits per heavy atom. The van der Waals surface area contributed by atoms with Crippen molar-refractivity contribution in [3.05, 3.63) is 48.0 Å². The first kappa shape index (κ1) is 12.5. The van der Waals surface area contributed by atoms with E-state index >= 15 is 0 Å². The lowest BCUT2D eigenvalue weighted by Crippen LogP contribution is -2.03. The van der Waals surface area contributed by atoms with Gasteiger partial charge in [-0.05, 0) is 12.1 Å². The summed E-state index contributed by atoms with van der Waals surface area (Å²) in [6.07, 6.45) is 1.61. The summed E-state index contributed by atoms with van der Waals surface area (Å²) in [4.78, 5) is 8.54. The molecule has 0 saturated heterocycles. The molecule has 0 saturated carbocycles. The summed E-state index contributed by atoms with van der Waals surface area (Å²) in [7, 11) is 0. The van der Waals surface area contributed by atoms with Crippen LogP contribution in [0.1, 0.15) is 31.3 Å². The van der Waals surface area contributed by atoms with Gasteiger partial charge < -0.3 is 9.84 Å². The summed E-state index contributed by atoms with van der Waals surface area (Å²) >= 11 is 0. The van der Waals surface area contributed by atoms with Gasteiger partial charge in [-0.15, -0.1) is 0 Å². The van der Waals surface area contributed by atoms with Gasteiger partial charge in [0.2, 0.25) is 0 Å². The van der Waals surface area contributed by atoms with E-state index in [0.717, 1.165) is 0 Å². The lowest BCUT2D eigenvalue weighted by Gasteiger charge is -2.11. The fourth-order valence-electron chi connectivity index (χ4n) is 1.51. The molecular formula is C14H16N2O2. The van der Waals surface area contributed by atoms with Crippen LogP contribution >= 0.6 is 0 Å². The number of nitrogens with zero attached hydrogens (tertiary/aromatic N) is 2. The second-order valence-electron chi connectivity index (χ2n) is 4.27. The molecule has 4 heteroatoms. The SMILES string of the molecule is CC(C)c1ncc(Oc2ccccc2)c(CO)n1. The Morgan fingerprint density at radius 1 is 1.22 bits per heavy atom. The molecule has 4 nitrogen and oxygen atoms in total. The largest absolute Gasteiger partial charge is 0.454 e. The molecule has 0 unspecified atom stereocenters. The van der Waals surface area contributed by atoms with Gasteiger partial charge in [0, 0.05) is 5.92 Å². The minimum absolute atomic E-state index is 0.162. The van der Waals surface area contributed by atoms with E-state index in [4.69, 9.17) is 4.74 Å². The van der Waals surface area contributed by atoms with Crippen LogP contribution in [0.3, 0.4) is 0 Å². The van der Waals surface area contributed by atoms with Crippen LogP contribution in [0.15, 0.2) is 36.5 Å². The molecule has 0 fully saturated rings. The lowest BCUT2D eigenvalue weighted by atomic mass is 10.2. The second kappa shape index (κ2) is 5.60. The molecule has 0 bridgehead atoms. The van der Waals surface area contributed by atoms with Gasteiger partial charge in [0.15, 0.2) is 5.75 Å². The van der Waals surface area contributed by atoms with Crippen molar-refractivity contribution in [1.29, 1.82) is 0 Å². The van der Waals surface area contributed by atoms with Crippen LogP contribution in [0.4, 0.5) is 0 Å². The number of rotatable bonds is 4. The molecule has 0 radical (unpaired) electrons. The average molecular weight is 244 g/mol. The zero-order valence-electron chi connectivity index (χ0n) is 10.5. The fourth-order valence-corrected chi connectivity index (χ4v) is 1.51. The van der Waals surface area contributed by atoms with E-state index in [0.29, 0.717) is 23.0 Å². The number of benzene rings is 1. The molecule has 0 spiro atoms. The van der Waals surface area contributed by atoms with Crippen molar-refractivity contribution in [2.24, 2.45) is 0 Å². The Labute approximate surface area is 106 Å². The first-order valence-electron chi connectivity index (χ1n) is 5.90. The first-order chi connectivity index (χ1) is 8.70. The smallest absolute Gasteiger partial charge is 0.169 e. The summed E-state index contributed by atoms with van der Waals surface area (Å²) in [5.74, 6) is 2.13. The van der Waals surface area contributed by atoms with Crippen LogP contribution in [0.25, 0.3) is 0 Å². The Balaban J connectivity index is 2.28. The van der Waals surface area contributed by atoms with Gasteiger partial charge in [-0.1, -0.05) is 32.0 Å². The van der Waals surface area contributed by atoms with Crippen LogP contribution in [-0.4, -0.2) is 15.1 Å². The minimum Gasteiger partial charge on any atom is -0.454 e. The fraction of sp³-hybridized carbons (Fsp3) is 0.286. The zero-order chi connectivity index (χ0) is 13.0. The molecule has 1 aromatic carbocycles. The van der Waals surface area contributed by atoms with Crippen molar-refractivity contribution in [3.63, 3.8) is 0 Å². The maximum Gasteiger partial charge on any atom is 0.169 e. The van der Waals surface area contributed by atoms with Crippen molar-refractivity contribution in [1.82, 2.24) is 9.97 Å². The van der Waals surface area contributed by atoms with Crippen LogP contribution in [0.5, 0.6) is 11.5 Å². The maximum absolute atomic E-state index is 9.33. The standard InChI is InChI=1S/C14H16N2O2/c1-10(2)14-15-8-13(12(9-17)16-14)18-11-6-4-3-5-7-11/h3-8,10,17H,9H2,1-2H3. The summed E-state index contributed by atoms with van der Waals surface area (Å²) in [5, 5.41) is 9.33. The van der Waals surface area contributed by atoms with Crippen LogP contribution in [0.2, 0.25) is 0 Å². The van der Waals surface area contributed by atoms with Crippen LogP contribution in [0, 0.1) is 0 Å². The predicted molar refractivity (Wildman–Crippen MR) is 68.6 cm³/mol. The van der Waals surface area contributed by atoms with E-state index in [1.807, 2.05) is 44.2 Å². The molecule has 18 heavy (non-hydrogen) atoms. The number of hydrogen-bond acceptors (Lipinski definition) is 4. The van der Waals surface area contributed by atoms with Crippen LogP contribution < -0.4 is 4.74 Å². The molecule has 0 aliphatic carbocycles. The Kier molecular flexibility index (Phi) is 3.89. The van der Waals surface area contributed by atoms with Gasteiger partial charge >= 0.3 is 0 Å². The highest BCUT2D eigenvalue weighted by molar-refractivity contribution is 5.32. The van der Waals surface area contributed by atoms with E-state index < -0.39 is 0 Å². The highest BCUT2D eigenvalue weighted by Gasteiger charge is 2.10. The van der Waals surface area contributed by atoms with Crippen molar-refractivity contribution in [2.75, 3.05) is 0 Å². The van der Waals surface area contributed by atoms with E-state index in [1.54, 1.807) is 6.20 Å². The van der Waals surface area contributed by atoms with Crippen molar-refractivity contribution < 1.29 is 9.84 Å². The van der Waals surface area contributed by atoms with Crippen LogP contribution in [-0.2, 0) is 6.61 Å². The topological polar surface area (TPSA) is 55.2 Å². The first-order valence-corrected chi connectivity index (χ1v) is 5.90. The van der Waals surface area contributed by atoms with Crippen molar-refractivity contribution in [2.45, 2.75) is 26.4 Å².